The predicted octanol–water partition coefficient (Wildman–Crippen LogP) is 11.8. The number of para-hydroxylation sites is 1. The lowest BCUT2D eigenvalue weighted by Crippen LogP contribution is -2.01. The number of rotatable bonds is 6. The van der Waals surface area contributed by atoms with E-state index < -0.39 is 0 Å². The van der Waals surface area contributed by atoms with Gasteiger partial charge in [0.1, 0.15) is 11.2 Å². The lowest BCUT2D eigenvalue weighted by molar-refractivity contribution is 0.669. The van der Waals surface area contributed by atoms with Crippen LogP contribution in [0.4, 0.5) is 0 Å². The number of furan rings is 1. The summed E-state index contributed by atoms with van der Waals surface area (Å²) in [6.45, 7) is 0. The summed E-state index contributed by atoms with van der Waals surface area (Å²) < 4.78 is 6.26. The van der Waals surface area contributed by atoms with Gasteiger partial charge in [-0.15, -0.1) is 0 Å². The minimum atomic E-state index is 0.593. The quantitative estimate of drug-likeness (QED) is 0.184. The number of fused-ring (bicyclic) bond motifs is 3. The van der Waals surface area contributed by atoms with Gasteiger partial charge in [0.05, 0.1) is 0 Å². The Morgan fingerprint density at radius 3 is 1.39 bits per heavy atom. The van der Waals surface area contributed by atoms with Crippen LogP contribution in [0.15, 0.2) is 180 Å². The maximum absolute atomic E-state index is 6.26. The van der Waals surface area contributed by atoms with E-state index in [-0.39, 0.29) is 0 Å². The molecule has 0 N–H and O–H groups in total. The topological polar surface area (TPSA) is 51.8 Å². The molecule has 0 saturated carbocycles. The molecule has 0 bridgehead atoms. The van der Waals surface area contributed by atoms with E-state index in [4.69, 9.17) is 19.4 Å². The standard InChI is InChI=1S/C45H29N3O/c1-4-13-30(14-5-1)33-23-25-34(26-24-33)43-46-44(48-45(47-43)39-20-12-22-41-42(39)38-19-10-11-21-40(38)49-41)37-28-35(31-15-6-2-7-16-31)27-36(29-37)32-17-8-3-9-18-32/h1-29H. The van der Waals surface area contributed by atoms with E-state index >= 15 is 0 Å². The Labute approximate surface area is 284 Å². The lowest BCUT2D eigenvalue weighted by atomic mass is 9.96. The molecule has 9 aromatic rings. The Kier molecular flexibility index (Phi) is 7.10. The summed E-state index contributed by atoms with van der Waals surface area (Å²) in [6.07, 6.45) is 0. The van der Waals surface area contributed by atoms with Gasteiger partial charge in [-0.05, 0) is 63.7 Å². The van der Waals surface area contributed by atoms with Crippen molar-refractivity contribution in [2.75, 3.05) is 0 Å². The summed E-state index contributed by atoms with van der Waals surface area (Å²) in [6, 6.07) is 60.5. The molecule has 0 fully saturated rings. The number of benzene rings is 7. The molecule has 0 unspecified atom stereocenters. The Morgan fingerprint density at radius 1 is 0.306 bits per heavy atom. The van der Waals surface area contributed by atoms with E-state index in [0.717, 1.165) is 72.0 Å². The van der Waals surface area contributed by atoms with Crippen LogP contribution < -0.4 is 0 Å². The van der Waals surface area contributed by atoms with Gasteiger partial charge in [-0.1, -0.05) is 146 Å². The smallest absolute Gasteiger partial charge is 0.164 e. The first-order valence-corrected chi connectivity index (χ1v) is 16.4. The van der Waals surface area contributed by atoms with E-state index in [2.05, 4.69) is 127 Å². The van der Waals surface area contributed by atoms with Crippen LogP contribution in [0.5, 0.6) is 0 Å². The molecule has 0 aliphatic heterocycles. The monoisotopic (exact) mass is 627 g/mol. The van der Waals surface area contributed by atoms with Crippen molar-refractivity contribution in [3.8, 4) is 67.5 Å². The van der Waals surface area contributed by atoms with Gasteiger partial charge < -0.3 is 4.42 Å². The van der Waals surface area contributed by atoms with E-state index in [1.165, 1.54) is 0 Å². The summed E-state index contributed by atoms with van der Waals surface area (Å²) in [4.78, 5) is 15.5. The van der Waals surface area contributed by atoms with E-state index in [1.54, 1.807) is 0 Å². The van der Waals surface area contributed by atoms with Gasteiger partial charge in [-0.25, -0.2) is 15.0 Å². The summed E-state index contributed by atoms with van der Waals surface area (Å²) in [5.41, 5.74) is 11.1. The average molecular weight is 628 g/mol. The van der Waals surface area contributed by atoms with Gasteiger partial charge in [-0.3, -0.25) is 0 Å². The zero-order chi connectivity index (χ0) is 32.6. The molecule has 0 aliphatic rings. The van der Waals surface area contributed by atoms with Crippen LogP contribution in [0.3, 0.4) is 0 Å². The summed E-state index contributed by atoms with van der Waals surface area (Å²) in [5, 5.41) is 2.02. The maximum atomic E-state index is 6.26. The Hall–Kier alpha value is -6.65. The van der Waals surface area contributed by atoms with Crippen molar-refractivity contribution < 1.29 is 4.42 Å². The summed E-state index contributed by atoms with van der Waals surface area (Å²) in [5.74, 6) is 1.80. The van der Waals surface area contributed by atoms with Crippen molar-refractivity contribution in [1.29, 1.82) is 0 Å². The molecule has 49 heavy (non-hydrogen) atoms. The Bertz CT molecular complexity index is 2520. The van der Waals surface area contributed by atoms with Crippen LogP contribution in [0.1, 0.15) is 0 Å². The van der Waals surface area contributed by atoms with Gasteiger partial charge in [-0.2, -0.15) is 0 Å². The van der Waals surface area contributed by atoms with Crippen molar-refractivity contribution in [2.24, 2.45) is 0 Å². The molecule has 7 aromatic carbocycles. The van der Waals surface area contributed by atoms with Gasteiger partial charge in [0.2, 0.25) is 0 Å². The Balaban J connectivity index is 1.27. The Morgan fingerprint density at radius 2 is 0.755 bits per heavy atom. The van der Waals surface area contributed by atoms with E-state index in [1.807, 2.05) is 48.5 Å². The van der Waals surface area contributed by atoms with Crippen molar-refractivity contribution >= 4 is 21.9 Å². The molecular formula is C45H29N3O. The lowest BCUT2D eigenvalue weighted by Gasteiger charge is -2.13. The van der Waals surface area contributed by atoms with Crippen LogP contribution in [0, 0.1) is 0 Å². The fourth-order valence-corrected chi connectivity index (χ4v) is 6.51. The molecule has 0 aliphatic carbocycles. The van der Waals surface area contributed by atoms with Crippen LogP contribution in [0.2, 0.25) is 0 Å². The molecule has 4 nitrogen and oxygen atoms in total. The van der Waals surface area contributed by atoms with Crippen molar-refractivity contribution in [2.45, 2.75) is 0 Å². The van der Waals surface area contributed by atoms with E-state index in [9.17, 15) is 0 Å². The second-order valence-electron chi connectivity index (χ2n) is 12.1. The van der Waals surface area contributed by atoms with Crippen molar-refractivity contribution in [3.05, 3.63) is 176 Å². The second kappa shape index (κ2) is 12.2. The minimum Gasteiger partial charge on any atom is -0.456 e. The van der Waals surface area contributed by atoms with E-state index in [0.29, 0.717) is 17.5 Å². The number of hydrogen-bond donors (Lipinski definition) is 0. The van der Waals surface area contributed by atoms with Crippen LogP contribution in [-0.4, -0.2) is 15.0 Å². The average Bonchev–Trinajstić information content (AvgIpc) is 3.58. The second-order valence-corrected chi connectivity index (χ2v) is 12.1. The molecule has 230 valence electrons. The molecule has 0 atom stereocenters. The largest absolute Gasteiger partial charge is 0.456 e. The molecule has 0 spiro atoms. The molecule has 0 radical (unpaired) electrons. The highest BCUT2D eigenvalue weighted by atomic mass is 16.3. The number of aromatic nitrogens is 3. The van der Waals surface area contributed by atoms with Crippen molar-refractivity contribution in [1.82, 2.24) is 15.0 Å². The third kappa shape index (κ3) is 5.45. The van der Waals surface area contributed by atoms with Crippen LogP contribution in [-0.2, 0) is 0 Å². The van der Waals surface area contributed by atoms with Gasteiger partial charge in [0, 0.05) is 27.5 Å². The van der Waals surface area contributed by atoms with Gasteiger partial charge in [0.25, 0.3) is 0 Å². The normalized spacial score (nSPS) is 11.3. The van der Waals surface area contributed by atoms with Crippen LogP contribution >= 0.6 is 0 Å². The molecule has 9 rings (SSSR count). The van der Waals surface area contributed by atoms with Crippen LogP contribution in [0.25, 0.3) is 89.5 Å². The molecule has 4 heteroatoms. The number of nitrogens with zero attached hydrogens (tertiary/aromatic N) is 3. The molecule has 2 aromatic heterocycles. The summed E-state index contributed by atoms with van der Waals surface area (Å²) in [7, 11) is 0. The zero-order valence-electron chi connectivity index (χ0n) is 26.5. The molecular weight excluding hydrogens is 599 g/mol. The fraction of sp³-hybridized carbons (Fsp3) is 0. The molecule has 0 amide bonds. The minimum absolute atomic E-state index is 0.593. The predicted molar refractivity (Wildman–Crippen MR) is 200 cm³/mol. The fourth-order valence-electron chi connectivity index (χ4n) is 6.51. The highest BCUT2D eigenvalue weighted by molar-refractivity contribution is 6.11. The molecule has 0 saturated heterocycles. The highest BCUT2D eigenvalue weighted by Gasteiger charge is 2.19. The van der Waals surface area contributed by atoms with Crippen molar-refractivity contribution in [3.63, 3.8) is 0 Å². The first-order valence-electron chi connectivity index (χ1n) is 16.4. The first kappa shape index (κ1) is 28.6. The first-order chi connectivity index (χ1) is 24.3. The summed E-state index contributed by atoms with van der Waals surface area (Å²) >= 11 is 0. The van der Waals surface area contributed by atoms with Gasteiger partial charge >= 0.3 is 0 Å². The third-order valence-electron chi connectivity index (χ3n) is 8.93. The maximum Gasteiger partial charge on any atom is 0.164 e. The highest BCUT2D eigenvalue weighted by Crippen LogP contribution is 2.38. The number of hydrogen-bond acceptors (Lipinski definition) is 4. The third-order valence-corrected chi connectivity index (χ3v) is 8.93. The zero-order valence-corrected chi connectivity index (χ0v) is 26.5. The SMILES string of the molecule is c1ccc(-c2ccc(-c3nc(-c4cc(-c5ccccc5)cc(-c5ccccc5)c4)nc(-c4cccc5oc6ccccc6c45)n3)cc2)cc1. The van der Waals surface area contributed by atoms with Gasteiger partial charge in [0.15, 0.2) is 17.5 Å². The molecule has 2 heterocycles.